The fraction of sp³-hybridized carbons (Fsp3) is 0.240. The molecule has 2 heterocycles. The predicted molar refractivity (Wildman–Crippen MR) is 131 cm³/mol. The minimum absolute atomic E-state index is 0.154. The van der Waals surface area contributed by atoms with Gasteiger partial charge in [-0.15, -0.1) is 0 Å². The summed E-state index contributed by atoms with van der Waals surface area (Å²) in [5, 5.41) is 0.688. The van der Waals surface area contributed by atoms with Crippen LogP contribution in [0.4, 0.5) is 9.18 Å². The number of thioether (sulfide) groups is 1. The van der Waals surface area contributed by atoms with Gasteiger partial charge >= 0.3 is 5.97 Å². The van der Waals surface area contributed by atoms with Crippen LogP contribution >= 0.6 is 23.4 Å². The molecule has 0 aliphatic carbocycles. The standard InChI is InChI=1S/C25H22ClFN2O4S/c1-15(2)14-33-23(30)13-29-24(31)22(34-25(29)32)9-17-12-28(21-6-4-3-5-19(17)21)11-16-7-8-18(27)10-20(16)26/h3-10,12,15H,11,13-14H2,1-2H3/b22-9-. The SMILES string of the molecule is CC(C)COC(=O)CN1C(=O)S/C(=C\c2cn(Cc3ccc(F)cc3Cl)c3ccccc23)C1=O. The molecule has 4 rings (SSSR count). The van der Waals surface area contributed by atoms with Crippen LogP contribution in [0.5, 0.6) is 0 Å². The third-order valence-electron chi connectivity index (χ3n) is 5.20. The van der Waals surface area contributed by atoms with E-state index < -0.39 is 29.5 Å². The van der Waals surface area contributed by atoms with E-state index in [4.69, 9.17) is 16.3 Å². The van der Waals surface area contributed by atoms with Crippen molar-refractivity contribution in [3.8, 4) is 0 Å². The van der Waals surface area contributed by atoms with Crippen molar-refractivity contribution < 1.29 is 23.5 Å². The third kappa shape index (κ3) is 5.18. The van der Waals surface area contributed by atoms with Crippen molar-refractivity contribution in [2.24, 2.45) is 5.92 Å². The van der Waals surface area contributed by atoms with E-state index in [9.17, 15) is 18.8 Å². The molecule has 0 radical (unpaired) electrons. The lowest BCUT2D eigenvalue weighted by Gasteiger charge is -2.12. The second-order valence-electron chi connectivity index (χ2n) is 8.31. The average molecular weight is 501 g/mol. The van der Waals surface area contributed by atoms with Crippen LogP contribution in [0.3, 0.4) is 0 Å². The van der Waals surface area contributed by atoms with Gasteiger partial charge in [-0.05, 0) is 47.5 Å². The number of hydrogen-bond donors (Lipinski definition) is 0. The van der Waals surface area contributed by atoms with Crippen molar-refractivity contribution in [2.45, 2.75) is 20.4 Å². The maximum absolute atomic E-state index is 13.4. The van der Waals surface area contributed by atoms with Crippen LogP contribution in [0, 0.1) is 11.7 Å². The Kier molecular flexibility index (Phi) is 7.09. The second-order valence-corrected chi connectivity index (χ2v) is 9.71. The minimum Gasteiger partial charge on any atom is -0.464 e. The van der Waals surface area contributed by atoms with Gasteiger partial charge in [0.2, 0.25) is 0 Å². The Morgan fingerprint density at radius 3 is 2.71 bits per heavy atom. The first-order valence-electron chi connectivity index (χ1n) is 10.7. The third-order valence-corrected chi connectivity index (χ3v) is 6.46. The minimum atomic E-state index is -0.620. The van der Waals surface area contributed by atoms with Gasteiger partial charge in [-0.25, -0.2) is 4.39 Å². The normalized spacial score (nSPS) is 15.2. The summed E-state index contributed by atoms with van der Waals surface area (Å²) in [6.45, 7) is 4.01. The van der Waals surface area contributed by atoms with Crippen molar-refractivity contribution in [3.63, 3.8) is 0 Å². The smallest absolute Gasteiger partial charge is 0.326 e. The average Bonchev–Trinajstić information content (AvgIpc) is 3.26. The number of benzene rings is 2. The fourth-order valence-corrected chi connectivity index (χ4v) is 4.62. The first kappa shape index (κ1) is 24.0. The summed E-state index contributed by atoms with van der Waals surface area (Å²) in [4.78, 5) is 38.4. The maximum Gasteiger partial charge on any atom is 0.326 e. The van der Waals surface area contributed by atoms with E-state index >= 15 is 0 Å². The summed E-state index contributed by atoms with van der Waals surface area (Å²) in [5.74, 6) is -1.41. The Morgan fingerprint density at radius 2 is 1.97 bits per heavy atom. The summed E-state index contributed by atoms with van der Waals surface area (Å²) < 4.78 is 20.5. The zero-order valence-electron chi connectivity index (χ0n) is 18.6. The fourth-order valence-electron chi connectivity index (χ4n) is 3.57. The van der Waals surface area contributed by atoms with E-state index in [2.05, 4.69) is 0 Å². The lowest BCUT2D eigenvalue weighted by Crippen LogP contribution is -2.34. The van der Waals surface area contributed by atoms with E-state index in [-0.39, 0.29) is 17.4 Å². The number of aromatic nitrogens is 1. The summed E-state index contributed by atoms with van der Waals surface area (Å²) in [6, 6.07) is 11.9. The molecule has 9 heteroatoms. The largest absolute Gasteiger partial charge is 0.464 e. The van der Waals surface area contributed by atoms with Gasteiger partial charge in [0.25, 0.3) is 11.1 Å². The Labute approximate surface area is 205 Å². The van der Waals surface area contributed by atoms with Crippen LogP contribution < -0.4 is 0 Å². The van der Waals surface area contributed by atoms with Crippen molar-refractivity contribution in [1.29, 1.82) is 0 Å². The number of carbonyl (C=O) groups is 3. The summed E-state index contributed by atoms with van der Waals surface area (Å²) >= 11 is 7.00. The van der Waals surface area contributed by atoms with Crippen molar-refractivity contribution in [3.05, 3.63) is 75.5 Å². The van der Waals surface area contributed by atoms with Crippen LogP contribution in [0.25, 0.3) is 17.0 Å². The Bertz CT molecular complexity index is 1320. The van der Waals surface area contributed by atoms with Crippen LogP contribution in [0.1, 0.15) is 25.0 Å². The van der Waals surface area contributed by atoms with Gasteiger partial charge in [-0.1, -0.05) is 49.7 Å². The molecule has 1 saturated heterocycles. The molecule has 1 aromatic heterocycles. The number of amides is 2. The molecular formula is C25H22ClFN2O4S. The molecule has 0 N–H and O–H groups in total. The Morgan fingerprint density at radius 1 is 1.21 bits per heavy atom. The van der Waals surface area contributed by atoms with E-state index in [1.807, 2.05) is 48.9 Å². The summed E-state index contributed by atoms with van der Waals surface area (Å²) in [7, 11) is 0. The highest BCUT2D eigenvalue weighted by Gasteiger charge is 2.37. The molecule has 1 aliphatic heterocycles. The molecule has 0 bridgehead atoms. The number of halogens is 2. The Balaban J connectivity index is 1.60. The van der Waals surface area contributed by atoms with Gasteiger partial charge in [-0.3, -0.25) is 19.3 Å². The number of para-hydroxylation sites is 1. The number of hydrogen-bond acceptors (Lipinski definition) is 5. The topological polar surface area (TPSA) is 68.6 Å². The molecule has 2 aromatic carbocycles. The predicted octanol–water partition coefficient (Wildman–Crippen LogP) is 5.72. The van der Waals surface area contributed by atoms with Crippen LogP contribution in [0.15, 0.2) is 53.6 Å². The number of carbonyl (C=O) groups excluding carboxylic acids is 3. The summed E-state index contributed by atoms with van der Waals surface area (Å²) in [5.41, 5.74) is 2.38. The van der Waals surface area contributed by atoms with Gasteiger partial charge in [0.15, 0.2) is 0 Å². The number of nitrogens with zero attached hydrogens (tertiary/aromatic N) is 2. The van der Waals surface area contributed by atoms with Crippen LogP contribution in [0.2, 0.25) is 5.02 Å². The van der Waals surface area contributed by atoms with E-state index in [0.29, 0.717) is 11.6 Å². The highest BCUT2D eigenvalue weighted by molar-refractivity contribution is 8.18. The zero-order chi connectivity index (χ0) is 24.4. The molecule has 0 unspecified atom stereocenters. The molecule has 2 amide bonds. The molecule has 34 heavy (non-hydrogen) atoms. The Hall–Kier alpha value is -3.10. The molecule has 176 valence electrons. The van der Waals surface area contributed by atoms with E-state index in [0.717, 1.165) is 38.7 Å². The lowest BCUT2D eigenvalue weighted by atomic mass is 10.1. The quantitative estimate of drug-likeness (QED) is 0.306. The molecule has 6 nitrogen and oxygen atoms in total. The van der Waals surface area contributed by atoms with Crippen molar-refractivity contribution >= 4 is 57.5 Å². The number of ether oxygens (including phenoxy) is 1. The molecule has 0 spiro atoms. The molecule has 1 aliphatic rings. The number of fused-ring (bicyclic) bond motifs is 1. The van der Waals surface area contributed by atoms with Gasteiger partial charge in [0.05, 0.1) is 11.5 Å². The molecule has 3 aromatic rings. The van der Waals surface area contributed by atoms with Gasteiger partial charge in [-0.2, -0.15) is 0 Å². The first-order valence-corrected chi connectivity index (χ1v) is 11.8. The zero-order valence-corrected chi connectivity index (χ0v) is 20.2. The second kappa shape index (κ2) is 10.0. The highest BCUT2D eigenvalue weighted by Crippen LogP contribution is 2.34. The highest BCUT2D eigenvalue weighted by atomic mass is 35.5. The molecule has 0 atom stereocenters. The maximum atomic E-state index is 13.4. The van der Waals surface area contributed by atoms with Gasteiger partial charge < -0.3 is 9.30 Å². The van der Waals surface area contributed by atoms with Crippen molar-refractivity contribution in [2.75, 3.05) is 13.2 Å². The summed E-state index contributed by atoms with van der Waals surface area (Å²) in [6.07, 6.45) is 3.50. The lowest BCUT2D eigenvalue weighted by molar-refractivity contribution is -0.147. The molecule has 0 saturated carbocycles. The first-order chi connectivity index (χ1) is 16.2. The van der Waals surface area contributed by atoms with E-state index in [1.165, 1.54) is 12.1 Å². The number of imide groups is 1. The number of rotatable bonds is 7. The van der Waals surface area contributed by atoms with Gasteiger partial charge in [0.1, 0.15) is 12.4 Å². The monoisotopic (exact) mass is 500 g/mol. The van der Waals surface area contributed by atoms with E-state index in [1.54, 1.807) is 12.1 Å². The molecule has 1 fully saturated rings. The molecular weight excluding hydrogens is 479 g/mol. The number of esters is 1. The van der Waals surface area contributed by atoms with Gasteiger partial charge in [0, 0.05) is 34.2 Å². The van der Waals surface area contributed by atoms with Crippen molar-refractivity contribution in [1.82, 2.24) is 9.47 Å². The van der Waals surface area contributed by atoms with Crippen LogP contribution in [-0.4, -0.2) is 39.7 Å². The van der Waals surface area contributed by atoms with Crippen LogP contribution in [-0.2, 0) is 20.9 Å².